The van der Waals surface area contributed by atoms with Crippen LogP contribution >= 0.6 is 11.3 Å². The van der Waals surface area contributed by atoms with E-state index in [4.69, 9.17) is 0 Å². The molecule has 1 N–H and O–H groups in total. The molecular weight excluding hydrogens is 182 g/mol. The molecule has 2 aromatic rings. The van der Waals surface area contributed by atoms with Gasteiger partial charge in [-0.05, 0) is 24.3 Å². The summed E-state index contributed by atoms with van der Waals surface area (Å²) in [7, 11) is 0. The third kappa shape index (κ3) is 1.27. The van der Waals surface area contributed by atoms with Crippen molar-refractivity contribution in [1.29, 1.82) is 0 Å². The zero-order valence-electron chi connectivity index (χ0n) is 7.03. The second kappa shape index (κ2) is 2.67. The Kier molecular flexibility index (Phi) is 1.49. The van der Waals surface area contributed by atoms with Gasteiger partial charge in [-0.3, -0.25) is 5.10 Å². The molecule has 2 aromatic heterocycles. The molecule has 1 fully saturated rings. The van der Waals surface area contributed by atoms with E-state index in [1.807, 2.05) is 11.4 Å². The highest BCUT2D eigenvalue weighted by molar-refractivity contribution is 7.08. The van der Waals surface area contributed by atoms with Crippen LogP contribution in [0.25, 0.3) is 11.4 Å². The molecule has 0 atom stereocenters. The highest BCUT2D eigenvalue weighted by Gasteiger charge is 2.27. The number of H-pyrrole nitrogens is 1. The van der Waals surface area contributed by atoms with Gasteiger partial charge >= 0.3 is 0 Å². The summed E-state index contributed by atoms with van der Waals surface area (Å²) in [6.45, 7) is 0. The van der Waals surface area contributed by atoms with Crippen LogP contribution in [-0.4, -0.2) is 15.2 Å². The average molecular weight is 191 g/mol. The topological polar surface area (TPSA) is 41.6 Å². The summed E-state index contributed by atoms with van der Waals surface area (Å²) in [5.74, 6) is 2.55. The van der Waals surface area contributed by atoms with Crippen molar-refractivity contribution in [3.8, 4) is 11.4 Å². The van der Waals surface area contributed by atoms with Crippen molar-refractivity contribution < 1.29 is 0 Å². The van der Waals surface area contributed by atoms with Crippen LogP contribution < -0.4 is 0 Å². The van der Waals surface area contributed by atoms with Gasteiger partial charge in [0.25, 0.3) is 0 Å². The van der Waals surface area contributed by atoms with Crippen LogP contribution in [0.2, 0.25) is 0 Å². The average Bonchev–Trinajstić information content (AvgIpc) is 2.72. The number of hydrogen-bond acceptors (Lipinski definition) is 3. The maximum atomic E-state index is 4.45. The third-order valence-corrected chi connectivity index (χ3v) is 2.93. The monoisotopic (exact) mass is 191 g/mol. The molecule has 0 radical (unpaired) electrons. The minimum Gasteiger partial charge on any atom is -0.262 e. The van der Waals surface area contributed by atoms with Gasteiger partial charge in [0, 0.05) is 16.9 Å². The van der Waals surface area contributed by atoms with Crippen molar-refractivity contribution in [3.05, 3.63) is 22.7 Å². The summed E-state index contributed by atoms with van der Waals surface area (Å²) in [6, 6.07) is 2.05. The number of nitrogens with one attached hydrogen (secondary N) is 1. The summed E-state index contributed by atoms with van der Waals surface area (Å²) in [5, 5.41) is 11.3. The maximum absolute atomic E-state index is 4.45. The highest BCUT2D eigenvalue weighted by Crippen LogP contribution is 2.38. The predicted molar refractivity (Wildman–Crippen MR) is 51.7 cm³/mol. The minimum atomic E-state index is 0.653. The van der Waals surface area contributed by atoms with E-state index in [1.165, 1.54) is 12.8 Å². The molecule has 1 aliphatic rings. The van der Waals surface area contributed by atoms with Crippen molar-refractivity contribution in [2.24, 2.45) is 0 Å². The largest absolute Gasteiger partial charge is 0.262 e. The SMILES string of the molecule is c1cc(-c2n[nH]c(C3CC3)n2)cs1. The van der Waals surface area contributed by atoms with Crippen LogP contribution in [0.1, 0.15) is 24.6 Å². The number of thiophene rings is 1. The second-order valence-corrected chi connectivity index (χ2v) is 4.11. The van der Waals surface area contributed by atoms with Crippen LogP contribution in [-0.2, 0) is 0 Å². The van der Waals surface area contributed by atoms with Gasteiger partial charge in [-0.2, -0.15) is 16.4 Å². The van der Waals surface area contributed by atoms with E-state index in [-0.39, 0.29) is 0 Å². The lowest BCUT2D eigenvalue weighted by atomic mass is 10.3. The Hall–Kier alpha value is -1.16. The number of aromatic amines is 1. The lowest BCUT2D eigenvalue weighted by Crippen LogP contribution is -1.80. The lowest BCUT2D eigenvalue weighted by Gasteiger charge is -1.85. The van der Waals surface area contributed by atoms with Crippen molar-refractivity contribution in [2.75, 3.05) is 0 Å². The van der Waals surface area contributed by atoms with Gasteiger partial charge in [-0.15, -0.1) is 0 Å². The standard InChI is InChI=1S/C9H9N3S/c1-2-6(1)8-10-9(12-11-8)7-3-4-13-5-7/h3-6H,1-2H2,(H,10,11,12). The first kappa shape index (κ1) is 7.26. The van der Waals surface area contributed by atoms with Crippen LogP contribution in [0, 0.1) is 0 Å². The molecule has 1 aliphatic carbocycles. The van der Waals surface area contributed by atoms with E-state index in [1.54, 1.807) is 11.3 Å². The van der Waals surface area contributed by atoms with Gasteiger partial charge < -0.3 is 0 Å². The van der Waals surface area contributed by atoms with Crippen molar-refractivity contribution in [1.82, 2.24) is 15.2 Å². The molecule has 3 nitrogen and oxygen atoms in total. The van der Waals surface area contributed by atoms with E-state index < -0.39 is 0 Å². The van der Waals surface area contributed by atoms with Gasteiger partial charge in [-0.25, -0.2) is 4.98 Å². The molecule has 2 heterocycles. The molecular formula is C9H9N3S. The molecule has 3 rings (SSSR count). The molecule has 13 heavy (non-hydrogen) atoms. The minimum absolute atomic E-state index is 0.653. The normalized spacial score (nSPS) is 16.3. The molecule has 0 unspecified atom stereocenters. The summed E-state index contributed by atoms with van der Waals surface area (Å²) >= 11 is 1.67. The van der Waals surface area contributed by atoms with Crippen LogP contribution in [0.15, 0.2) is 16.8 Å². The van der Waals surface area contributed by atoms with Crippen molar-refractivity contribution in [2.45, 2.75) is 18.8 Å². The fourth-order valence-electron chi connectivity index (χ4n) is 1.33. The third-order valence-electron chi connectivity index (χ3n) is 2.25. The van der Waals surface area contributed by atoms with Gasteiger partial charge in [-0.1, -0.05) is 0 Å². The van der Waals surface area contributed by atoms with Crippen LogP contribution in [0.4, 0.5) is 0 Å². The molecule has 0 bridgehead atoms. The molecule has 0 aliphatic heterocycles. The molecule has 0 aromatic carbocycles. The van der Waals surface area contributed by atoms with Gasteiger partial charge in [0.05, 0.1) is 0 Å². The van der Waals surface area contributed by atoms with Crippen LogP contribution in [0.3, 0.4) is 0 Å². The Morgan fingerprint density at radius 2 is 2.38 bits per heavy atom. The fourth-order valence-corrected chi connectivity index (χ4v) is 1.97. The molecule has 0 saturated heterocycles. The maximum Gasteiger partial charge on any atom is 0.181 e. The van der Waals surface area contributed by atoms with E-state index in [2.05, 4.69) is 20.6 Å². The number of nitrogens with zero attached hydrogens (tertiary/aromatic N) is 2. The Morgan fingerprint density at radius 3 is 3.08 bits per heavy atom. The zero-order valence-corrected chi connectivity index (χ0v) is 7.84. The molecule has 0 amide bonds. The Labute approximate surface area is 79.8 Å². The van der Waals surface area contributed by atoms with Crippen molar-refractivity contribution in [3.63, 3.8) is 0 Å². The quantitative estimate of drug-likeness (QED) is 0.792. The molecule has 4 heteroatoms. The fraction of sp³-hybridized carbons (Fsp3) is 0.333. The number of hydrogen-bond donors (Lipinski definition) is 1. The number of rotatable bonds is 2. The van der Waals surface area contributed by atoms with Crippen LogP contribution in [0.5, 0.6) is 0 Å². The Balaban J connectivity index is 1.97. The predicted octanol–water partition coefficient (Wildman–Crippen LogP) is 2.41. The summed E-state index contributed by atoms with van der Waals surface area (Å²) in [4.78, 5) is 4.45. The molecule has 66 valence electrons. The Morgan fingerprint density at radius 1 is 1.46 bits per heavy atom. The van der Waals surface area contributed by atoms with Gasteiger partial charge in [0.15, 0.2) is 5.82 Å². The summed E-state index contributed by atoms with van der Waals surface area (Å²) < 4.78 is 0. The second-order valence-electron chi connectivity index (χ2n) is 3.33. The summed E-state index contributed by atoms with van der Waals surface area (Å²) in [5.41, 5.74) is 1.12. The first-order chi connectivity index (χ1) is 6.43. The highest BCUT2D eigenvalue weighted by atomic mass is 32.1. The van der Waals surface area contributed by atoms with Crippen molar-refractivity contribution >= 4 is 11.3 Å². The van der Waals surface area contributed by atoms with E-state index in [0.29, 0.717) is 5.92 Å². The van der Waals surface area contributed by atoms with E-state index in [9.17, 15) is 0 Å². The molecule has 0 spiro atoms. The smallest absolute Gasteiger partial charge is 0.181 e. The van der Waals surface area contributed by atoms with Gasteiger partial charge in [0.1, 0.15) is 5.82 Å². The Bertz CT molecular complexity index is 400. The number of aromatic nitrogens is 3. The van der Waals surface area contributed by atoms with E-state index in [0.717, 1.165) is 17.2 Å². The lowest BCUT2D eigenvalue weighted by molar-refractivity contribution is 0.935. The summed E-state index contributed by atoms with van der Waals surface area (Å²) in [6.07, 6.45) is 2.52. The zero-order chi connectivity index (χ0) is 8.67. The molecule has 1 saturated carbocycles. The first-order valence-corrected chi connectivity index (χ1v) is 5.32. The van der Waals surface area contributed by atoms with Gasteiger partial charge in [0.2, 0.25) is 0 Å². The first-order valence-electron chi connectivity index (χ1n) is 4.38. The van der Waals surface area contributed by atoms with E-state index >= 15 is 0 Å².